The van der Waals surface area contributed by atoms with Gasteiger partial charge in [-0.15, -0.1) is 0 Å². The highest BCUT2D eigenvalue weighted by Gasteiger charge is 2.19. The Balaban J connectivity index is 2.07. The number of nitro benzene ring substituents is 1. The molecule has 5 nitrogen and oxygen atoms in total. The average Bonchev–Trinajstić information content (AvgIpc) is 2.76. The predicted octanol–water partition coefficient (Wildman–Crippen LogP) is 3.79. The Bertz CT molecular complexity index is 482. The molecule has 0 heterocycles. The molecule has 0 bridgehead atoms. The Morgan fingerprint density at radius 2 is 1.95 bits per heavy atom. The van der Waals surface area contributed by atoms with E-state index in [1.807, 2.05) is 6.07 Å². The topological polar surface area (TPSA) is 58.4 Å². The van der Waals surface area contributed by atoms with E-state index in [1.165, 1.54) is 38.5 Å². The van der Waals surface area contributed by atoms with Gasteiger partial charge >= 0.3 is 0 Å². The summed E-state index contributed by atoms with van der Waals surface area (Å²) in [5.74, 6) is 0. The van der Waals surface area contributed by atoms with E-state index < -0.39 is 0 Å². The molecular formula is C16H25N3O2. The zero-order valence-corrected chi connectivity index (χ0v) is 13.0. The molecule has 116 valence electrons. The molecule has 0 atom stereocenters. The van der Waals surface area contributed by atoms with Crippen molar-refractivity contribution < 1.29 is 4.92 Å². The second kappa shape index (κ2) is 7.41. The van der Waals surface area contributed by atoms with Crippen molar-refractivity contribution in [1.82, 2.24) is 4.90 Å². The Hall–Kier alpha value is -1.62. The largest absolute Gasteiger partial charge is 0.383 e. The fourth-order valence-electron chi connectivity index (χ4n) is 3.15. The molecule has 0 saturated heterocycles. The first-order valence-corrected chi connectivity index (χ1v) is 7.77. The molecule has 1 aromatic rings. The van der Waals surface area contributed by atoms with Crippen molar-refractivity contribution in [2.24, 2.45) is 0 Å². The van der Waals surface area contributed by atoms with E-state index in [-0.39, 0.29) is 10.6 Å². The molecule has 0 amide bonds. The van der Waals surface area contributed by atoms with Crippen molar-refractivity contribution in [2.75, 3.05) is 19.4 Å². The van der Waals surface area contributed by atoms with Gasteiger partial charge < -0.3 is 5.32 Å². The first-order valence-electron chi connectivity index (χ1n) is 7.77. The summed E-state index contributed by atoms with van der Waals surface area (Å²) in [6, 6.07) is 6.08. The number of anilines is 1. The molecule has 1 saturated carbocycles. The summed E-state index contributed by atoms with van der Waals surface area (Å²) in [6.07, 6.45) is 7.77. The molecule has 0 aromatic heterocycles. The van der Waals surface area contributed by atoms with Crippen LogP contribution < -0.4 is 5.32 Å². The van der Waals surface area contributed by atoms with Crippen LogP contribution in [-0.2, 0) is 6.54 Å². The first kappa shape index (κ1) is 15.8. The summed E-state index contributed by atoms with van der Waals surface area (Å²) >= 11 is 0. The Morgan fingerprint density at radius 1 is 1.29 bits per heavy atom. The fourth-order valence-corrected chi connectivity index (χ4v) is 3.15. The highest BCUT2D eigenvalue weighted by Crippen LogP contribution is 2.27. The number of nitrogens with one attached hydrogen (secondary N) is 1. The minimum atomic E-state index is -0.318. The summed E-state index contributed by atoms with van der Waals surface area (Å²) in [5, 5.41) is 14.0. The van der Waals surface area contributed by atoms with Crippen LogP contribution in [0, 0.1) is 10.1 Å². The maximum absolute atomic E-state index is 11.1. The van der Waals surface area contributed by atoms with Gasteiger partial charge in [-0.1, -0.05) is 31.7 Å². The molecule has 1 N–H and O–H groups in total. The van der Waals surface area contributed by atoms with E-state index in [9.17, 15) is 10.1 Å². The third-order valence-corrected chi connectivity index (χ3v) is 4.41. The SMILES string of the molecule is CNc1ccc(CN(C)C2CCCCCC2)cc1[N+](=O)[O-]. The number of benzene rings is 1. The van der Waals surface area contributed by atoms with Crippen LogP contribution in [-0.4, -0.2) is 30.0 Å². The molecule has 1 aliphatic rings. The second-order valence-electron chi connectivity index (χ2n) is 5.92. The number of nitro groups is 1. The summed E-state index contributed by atoms with van der Waals surface area (Å²) in [5.41, 5.74) is 1.73. The predicted molar refractivity (Wildman–Crippen MR) is 85.6 cm³/mol. The molecule has 0 radical (unpaired) electrons. The van der Waals surface area contributed by atoms with Crippen molar-refractivity contribution in [3.63, 3.8) is 0 Å². The van der Waals surface area contributed by atoms with Crippen LogP contribution in [0.1, 0.15) is 44.1 Å². The van der Waals surface area contributed by atoms with Crippen molar-refractivity contribution in [3.8, 4) is 0 Å². The van der Waals surface area contributed by atoms with Gasteiger partial charge in [0.1, 0.15) is 5.69 Å². The van der Waals surface area contributed by atoms with Gasteiger partial charge in [0.25, 0.3) is 5.69 Å². The van der Waals surface area contributed by atoms with Gasteiger partial charge in [0.05, 0.1) is 4.92 Å². The summed E-state index contributed by atoms with van der Waals surface area (Å²) < 4.78 is 0. The lowest BCUT2D eigenvalue weighted by Gasteiger charge is -2.27. The van der Waals surface area contributed by atoms with E-state index in [0.29, 0.717) is 11.7 Å². The average molecular weight is 291 g/mol. The molecule has 1 aliphatic carbocycles. The van der Waals surface area contributed by atoms with Crippen molar-refractivity contribution in [2.45, 2.75) is 51.1 Å². The van der Waals surface area contributed by atoms with Crippen LogP contribution in [0.25, 0.3) is 0 Å². The standard InChI is InChI=1S/C16H25N3O2/c1-17-15-10-9-13(11-16(15)19(20)21)12-18(2)14-7-5-3-4-6-8-14/h9-11,14,17H,3-8,12H2,1-2H3. The fraction of sp³-hybridized carbons (Fsp3) is 0.625. The van der Waals surface area contributed by atoms with Gasteiger partial charge in [-0.2, -0.15) is 0 Å². The van der Waals surface area contributed by atoms with Crippen LogP contribution in [0.3, 0.4) is 0 Å². The Morgan fingerprint density at radius 3 is 2.52 bits per heavy atom. The number of hydrogen-bond donors (Lipinski definition) is 1. The summed E-state index contributed by atoms with van der Waals surface area (Å²) in [7, 11) is 3.84. The Labute approximate surface area is 126 Å². The maximum atomic E-state index is 11.1. The van der Waals surface area contributed by atoms with Gasteiger partial charge in [-0.3, -0.25) is 15.0 Å². The van der Waals surface area contributed by atoms with Crippen molar-refractivity contribution in [1.29, 1.82) is 0 Å². The molecular weight excluding hydrogens is 266 g/mol. The molecule has 1 aromatic carbocycles. The highest BCUT2D eigenvalue weighted by molar-refractivity contribution is 5.62. The zero-order chi connectivity index (χ0) is 15.2. The quantitative estimate of drug-likeness (QED) is 0.509. The molecule has 0 unspecified atom stereocenters. The lowest BCUT2D eigenvalue weighted by Crippen LogP contribution is -2.30. The van der Waals surface area contributed by atoms with E-state index in [2.05, 4.69) is 17.3 Å². The molecule has 0 spiro atoms. The lowest BCUT2D eigenvalue weighted by molar-refractivity contribution is -0.384. The van der Waals surface area contributed by atoms with Gasteiger partial charge in [0.2, 0.25) is 0 Å². The third kappa shape index (κ3) is 4.17. The van der Waals surface area contributed by atoms with Crippen LogP contribution in [0.15, 0.2) is 18.2 Å². The lowest BCUT2D eigenvalue weighted by atomic mass is 10.1. The first-order chi connectivity index (χ1) is 10.1. The molecule has 5 heteroatoms. The van der Waals surface area contributed by atoms with Crippen LogP contribution in [0.2, 0.25) is 0 Å². The van der Waals surface area contributed by atoms with Crippen LogP contribution in [0.4, 0.5) is 11.4 Å². The minimum absolute atomic E-state index is 0.157. The molecule has 0 aliphatic heterocycles. The minimum Gasteiger partial charge on any atom is -0.383 e. The third-order valence-electron chi connectivity index (χ3n) is 4.41. The van der Waals surface area contributed by atoms with Crippen LogP contribution >= 0.6 is 0 Å². The Kier molecular flexibility index (Phi) is 5.56. The molecule has 21 heavy (non-hydrogen) atoms. The van der Waals surface area contributed by atoms with E-state index in [4.69, 9.17) is 0 Å². The highest BCUT2D eigenvalue weighted by atomic mass is 16.6. The number of hydrogen-bond acceptors (Lipinski definition) is 4. The maximum Gasteiger partial charge on any atom is 0.292 e. The van der Waals surface area contributed by atoms with E-state index in [0.717, 1.165) is 12.1 Å². The normalized spacial score (nSPS) is 16.7. The van der Waals surface area contributed by atoms with E-state index >= 15 is 0 Å². The monoisotopic (exact) mass is 291 g/mol. The number of nitrogens with zero attached hydrogens (tertiary/aromatic N) is 2. The zero-order valence-electron chi connectivity index (χ0n) is 13.0. The molecule has 1 fully saturated rings. The van der Waals surface area contributed by atoms with Crippen molar-refractivity contribution >= 4 is 11.4 Å². The van der Waals surface area contributed by atoms with Gasteiger partial charge in [0, 0.05) is 25.7 Å². The van der Waals surface area contributed by atoms with Crippen molar-refractivity contribution in [3.05, 3.63) is 33.9 Å². The summed E-state index contributed by atoms with van der Waals surface area (Å²) in [6.45, 7) is 0.773. The van der Waals surface area contributed by atoms with Gasteiger partial charge in [-0.25, -0.2) is 0 Å². The van der Waals surface area contributed by atoms with E-state index in [1.54, 1.807) is 19.2 Å². The number of rotatable bonds is 5. The van der Waals surface area contributed by atoms with Crippen LogP contribution in [0.5, 0.6) is 0 Å². The smallest absolute Gasteiger partial charge is 0.292 e. The van der Waals surface area contributed by atoms with Gasteiger partial charge in [-0.05, 0) is 31.5 Å². The molecule has 2 rings (SSSR count). The van der Waals surface area contributed by atoms with Gasteiger partial charge in [0.15, 0.2) is 0 Å². The summed E-state index contributed by atoms with van der Waals surface area (Å²) in [4.78, 5) is 13.1. The second-order valence-corrected chi connectivity index (χ2v) is 5.92.